The van der Waals surface area contributed by atoms with Gasteiger partial charge in [-0.3, -0.25) is 0 Å². The highest BCUT2D eigenvalue weighted by Gasteiger charge is 2.03. The van der Waals surface area contributed by atoms with Gasteiger partial charge in [0.05, 0.1) is 11.9 Å². The Morgan fingerprint density at radius 3 is 2.93 bits per heavy atom. The first kappa shape index (κ1) is 8.90. The molecular weight excluding hydrogens is 176 g/mol. The van der Waals surface area contributed by atoms with Crippen LogP contribution in [-0.4, -0.2) is 15.0 Å². The van der Waals surface area contributed by atoms with E-state index < -0.39 is 0 Å². The topological polar surface area (TPSA) is 56.7 Å². The molecule has 0 fully saturated rings. The molecule has 72 valence electrons. The molecule has 2 rings (SSSR count). The molecule has 0 saturated carbocycles. The molecule has 4 heteroatoms. The SMILES string of the molecule is Cn1nncc1-c1cccc(CN)c1. The summed E-state index contributed by atoms with van der Waals surface area (Å²) in [6, 6.07) is 8.08. The maximum Gasteiger partial charge on any atom is 0.0882 e. The zero-order valence-corrected chi connectivity index (χ0v) is 8.01. The van der Waals surface area contributed by atoms with E-state index in [-0.39, 0.29) is 0 Å². The molecule has 2 aromatic rings. The van der Waals surface area contributed by atoms with Gasteiger partial charge < -0.3 is 5.73 Å². The molecule has 0 unspecified atom stereocenters. The Morgan fingerprint density at radius 1 is 1.43 bits per heavy atom. The van der Waals surface area contributed by atoms with Gasteiger partial charge in [-0.2, -0.15) is 0 Å². The molecule has 2 N–H and O–H groups in total. The lowest BCUT2D eigenvalue weighted by Gasteiger charge is -2.02. The summed E-state index contributed by atoms with van der Waals surface area (Å²) in [6.07, 6.45) is 1.75. The molecule has 0 aliphatic heterocycles. The van der Waals surface area contributed by atoms with Crippen molar-refractivity contribution in [1.29, 1.82) is 0 Å². The van der Waals surface area contributed by atoms with Crippen molar-refractivity contribution < 1.29 is 0 Å². The minimum atomic E-state index is 0.555. The number of nitrogens with zero attached hydrogens (tertiary/aromatic N) is 3. The van der Waals surface area contributed by atoms with Crippen molar-refractivity contribution in [2.45, 2.75) is 6.54 Å². The molecule has 0 amide bonds. The fourth-order valence-electron chi connectivity index (χ4n) is 1.41. The molecule has 0 aliphatic rings. The highest BCUT2D eigenvalue weighted by molar-refractivity contribution is 5.59. The Morgan fingerprint density at radius 2 is 2.29 bits per heavy atom. The standard InChI is InChI=1S/C10H12N4/c1-14-10(7-12-13-14)9-4-2-3-8(5-9)6-11/h2-5,7H,6,11H2,1H3. The molecule has 0 aliphatic carbocycles. The molecule has 0 radical (unpaired) electrons. The van der Waals surface area contributed by atoms with Gasteiger partial charge in [-0.25, -0.2) is 4.68 Å². The van der Waals surface area contributed by atoms with E-state index in [1.165, 1.54) is 0 Å². The monoisotopic (exact) mass is 188 g/mol. The number of benzene rings is 1. The van der Waals surface area contributed by atoms with Crippen LogP contribution in [0.15, 0.2) is 30.5 Å². The number of rotatable bonds is 2. The third-order valence-electron chi connectivity index (χ3n) is 2.17. The average Bonchev–Trinajstić information content (AvgIpc) is 2.65. The molecule has 1 heterocycles. The van der Waals surface area contributed by atoms with E-state index >= 15 is 0 Å². The van der Waals surface area contributed by atoms with E-state index in [1.807, 2.05) is 25.2 Å². The van der Waals surface area contributed by atoms with Crippen LogP contribution in [0.1, 0.15) is 5.56 Å². The highest BCUT2D eigenvalue weighted by Crippen LogP contribution is 2.17. The molecule has 0 spiro atoms. The molecule has 0 bridgehead atoms. The summed E-state index contributed by atoms with van der Waals surface area (Å²) in [5, 5.41) is 7.72. The van der Waals surface area contributed by atoms with Gasteiger partial charge in [0, 0.05) is 19.2 Å². The van der Waals surface area contributed by atoms with E-state index in [0.29, 0.717) is 6.54 Å². The minimum absolute atomic E-state index is 0.555. The number of hydrogen-bond donors (Lipinski definition) is 1. The molecule has 0 atom stereocenters. The first-order valence-electron chi connectivity index (χ1n) is 4.45. The first-order chi connectivity index (χ1) is 6.81. The highest BCUT2D eigenvalue weighted by atomic mass is 15.4. The second-order valence-corrected chi connectivity index (χ2v) is 3.15. The van der Waals surface area contributed by atoms with Gasteiger partial charge in [0.25, 0.3) is 0 Å². The number of aromatic nitrogens is 3. The van der Waals surface area contributed by atoms with Gasteiger partial charge >= 0.3 is 0 Å². The summed E-state index contributed by atoms with van der Waals surface area (Å²) in [6.45, 7) is 0.555. The minimum Gasteiger partial charge on any atom is -0.326 e. The van der Waals surface area contributed by atoms with Crippen LogP contribution in [0.3, 0.4) is 0 Å². The fourth-order valence-corrected chi connectivity index (χ4v) is 1.41. The lowest BCUT2D eigenvalue weighted by Crippen LogP contribution is -1.97. The molecule has 14 heavy (non-hydrogen) atoms. The van der Waals surface area contributed by atoms with Gasteiger partial charge in [0.1, 0.15) is 0 Å². The summed E-state index contributed by atoms with van der Waals surface area (Å²) in [4.78, 5) is 0. The predicted molar refractivity (Wildman–Crippen MR) is 54.3 cm³/mol. The van der Waals surface area contributed by atoms with Crippen molar-refractivity contribution in [3.8, 4) is 11.3 Å². The predicted octanol–water partition coefficient (Wildman–Crippen LogP) is 0.941. The second-order valence-electron chi connectivity index (χ2n) is 3.15. The summed E-state index contributed by atoms with van der Waals surface area (Å²) >= 11 is 0. The van der Waals surface area contributed by atoms with Crippen LogP contribution in [0, 0.1) is 0 Å². The Balaban J connectivity index is 2.47. The van der Waals surface area contributed by atoms with Crippen molar-refractivity contribution in [1.82, 2.24) is 15.0 Å². The van der Waals surface area contributed by atoms with E-state index in [2.05, 4.69) is 16.4 Å². The van der Waals surface area contributed by atoms with Crippen LogP contribution in [0.5, 0.6) is 0 Å². The van der Waals surface area contributed by atoms with Crippen LogP contribution in [0.2, 0.25) is 0 Å². The van der Waals surface area contributed by atoms with E-state index in [4.69, 9.17) is 5.73 Å². The van der Waals surface area contributed by atoms with Crippen LogP contribution >= 0.6 is 0 Å². The second kappa shape index (κ2) is 3.59. The maximum absolute atomic E-state index is 5.57. The molecule has 4 nitrogen and oxygen atoms in total. The van der Waals surface area contributed by atoms with Gasteiger partial charge in [0.15, 0.2) is 0 Å². The van der Waals surface area contributed by atoms with Crippen molar-refractivity contribution in [2.75, 3.05) is 0 Å². The van der Waals surface area contributed by atoms with E-state index in [0.717, 1.165) is 16.8 Å². The van der Waals surface area contributed by atoms with Crippen LogP contribution < -0.4 is 5.73 Å². The fraction of sp³-hybridized carbons (Fsp3) is 0.200. The van der Waals surface area contributed by atoms with Gasteiger partial charge in [-0.1, -0.05) is 23.4 Å². The Bertz CT molecular complexity index is 433. The van der Waals surface area contributed by atoms with Gasteiger partial charge in [-0.05, 0) is 11.6 Å². The van der Waals surface area contributed by atoms with Gasteiger partial charge in [0.2, 0.25) is 0 Å². The van der Waals surface area contributed by atoms with Crippen molar-refractivity contribution >= 4 is 0 Å². The summed E-state index contributed by atoms with van der Waals surface area (Å²) in [5.41, 5.74) is 8.78. The Kier molecular flexibility index (Phi) is 2.28. The molecule has 1 aromatic carbocycles. The first-order valence-corrected chi connectivity index (χ1v) is 4.45. The Labute approximate surface area is 82.4 Å². The smallest absolute Gasteiger partial charge is 0.0882 e. The van der Waals surface area contributed by atoms with Gasteiger partial charge in [-0.15, -0.1) is 5.10 Å². The number of nitrogens with two attached hydrogens (primary N) is 1. The zero-order valence-electron chi connectivity index (χ0n) is 8.01. The lowest BCUT2D eigenvalue weighted by molar-refractivity contribution is 0.720. The van der Waals surface area contributed by atoms with Crippen molar-refractivity contribution in [2.24, 2.45) is 12.8 Å². The molecular formula is C10H12N4. The summed E-state index contributed by atoms with van der Waals surface area (Å²) in [7, 11) is 1.87. The quantitative estimate of drug-likeness (QED) is 0.763. The van der Waals surface area contributed by atoms with E-state index in [1.54, 1.807) is 10.9 Å². The number of aryl methyl sites for hydroxylation is 1. The third kappa shape index (κ3) is 1.52. The van der Waals surface area contributed by atoms with Crippen molar-refractivity contribution in [3.63, 3.8) is 0 Å². The third-order valence-corrected chi connectivity index (χ3v) is 2.17. The van der Waals surface area contributed by atoms with Crippen molar-refractivity contribution in [3.05, 3.63) is 36.0 Å². The summed E-state index contributed by atoms with van der Waals surface area (Å²) < 4.78 is 1.75. The van der Waals surface area contributed by atoms with E-state index in [9.17, 15) is 0 Å². The normalized spacial score (nSPS) is 10.4. The van der Waals surface area contributed by atoms with Crippen LogP contribution in [0.25, 0.3) is 11.3 Å². The lowest BCUT2D eigenvalue weighted by atomic mass is 10.1. The molecule has 1 aromatic heterocycles. The zero-order chi connectivity index (χ0) is 9.97. The largest absolute Gasteiger partial charge is 0.326 e. The average molecular weight is 188 g/mol. The van der Waals surface area contributed by atoms with Crippen LogP contribution in [-0.2, 0) is 13.6 Å². The summed E-state index contributed by atoms with van der Waals surface area (Å²) in [5.74, 6) is 0. The maximum atomic E-state index is 5.57. The van der Waals surface area contributed by atoms with Crippen LogP contribution in [0.4, 0.5) is 0 Å². The Hall–Kier alpha value is -1.68. The molecule has 0 saturated heterocycles. The number of hydrogen-bond acceptors (Lipinski definition) is 3.